The summed E-state index contributed by atoms with van der Waals surface area (Å²) in [7, 11) is 0. The maximum Gasteiger partial charge on any atom is 0.159 e. The van der Waals surface area contributed by atoms with Crippen LogP contribution in [0.25, 0.3) is 0 Å². The lowest BCUT2D eigenvalue weighted by Crippen LogP contribution is -2.45. The molecule has 0 spiro atoms. The molecule has 18 heavy (non-hydrogen) atoms. The van der Waals surface area contributed by atoms with Gasteiger partial charge in [-0.2, -0.15) is 0 Å². The highest BCUT2D eigenvalue weighted by atomic mass is 79.9. The third-order valence-electron chi connectivity index (χ3n) is 3.11. The van der Waals surface area contributed by atoms with Gasteiger partial charge in [-0.3, -0.25) is 4.79 Å². The lowest BCUT2D eigenvalue weighted by Gasteiger charge is -2.37. The van der Waals surface area contributed by atoms with Crippen molar-refractivity contribution in [3.63, 3.8) is 0 Å². The molecule has 2 rings (SSSR count). The summed E-state index contributed by atoms with van der Waals surface area (Å²) < 4.78 is 6.70. The number of hydrogen-bond acceptors (Lipinski definition) is 3. The van der Waals surface area contributed by atoms with Crippen LogP contribution < -0.4 is 4.90 Å². The van der Waals surface area contributed by atoms with Crippen LogP contribution in [0.3, 0.4) is 0 Å². The first-order chi connectivity index (χ1) is 8.47. The van der Waals surface area contributed by atoms with E-state index in [-0.39, 0.29) is 18.0 Å². The van der Waals surface area contributed by atoms with E-state index in [4.69, 9.17) is 4.74 Å². The first-order valence-electron chi connectivity index (χ1n) is 6.18. The number of carbonyl (C=O) groups is 1. The van der Waals surface area contributed by atoms with Gasteiger partial charge in [0.2, 0.25) is 0 Å². The lowest BCUT2D eigenvalue weighted by molar-refractivity contribution is -0.00525. The molecule has 0 aliphatic carbocycles. The van der Waals surface area contributed by atoms with Crippen molar-refractivity contribution in [2.45, 2.75) is 33.0 Å². The van der Waals surface area contributed by atoms with Crippen molar-refractivity contribution in [2.24, 2.45) is 0 Å². The molecule has 1 fully saturated rings. The molecule has 0 aromatic heterocycles. The topological polar surface area (TPSA) is 29.5 Å². The summed E-state index contributed by atoms with van der Waals surface area (Å²) in [5.74, 6) is 0.0889. The van der Waals surface area contributed by atoms with E-state index in [1.54, 1.807) is 6.92 Å². The molecular formula is C14H18BrNO2. The SMILES string of the molecule is CC(=O)c1ccc(N2C[C@@H](C)O[C@@H](C)C2)c(Br)c1. The maximum absolute atomic E-state index is 11.3. The molecule has 4 heteroatoms. The zero-order valence-electron chi connectivity index (χ0n) is 10.9. The van der Waals surface area contributed by atoms with Crippen molar-refractivity contribution in [3.8, 4) is 0 Å². The van der Waals surface area contributed by atoms with E-state index >= 15 is 0 Å². The Morgan fingerprint density at radius 1 is 1.33 bits per heavy atom. The summed E-state index contributed by atoms with van der Waals surface area (Å²) in [6, 6.07) is 5.78. The van der Waals surface area contributed by atoms with Gasteiger partial charge in [0.15, 0.2) is 5.78 Å². The summed E-state index contributed by atoms with van der Waals surface area (Å²) in [4.78, 5) is 13.6. The fourth-order valence-electron chi connectivity index (χ4n) is 2.36. The molecule has 1 aliphatic rings. The largest absolute Gasteiger partial charge is 0.372 e. The Kier molecular flexibility index (Phi) is 4.07. The van der Waals surface area contributed by atoms with E-state index in [1.807, 2.05) is 18.2 Å². The molecule has 3 nitrogen and oxygen atoms in total. The summed E-state index contributed by atoms with van der Waals surface area (Å²) in [6.45, 7) is 7.51. The second kappa shape index (κ2) is 5.41. The Morgan fingerprint density at radius 3 is 2.44 bits per heavy atom. The summed E-state index contributed by atoms with van der Waals surface area (Å²) >= 11 is 3.56. The number of ketones is 1. The summed E-state index contributed by atoms with van der Waals surface area (Å²) in [6.07, 6.45) is 0.460. The highest BCUT2D eigenvalue weighted by molar-refractivity contribution is 9.10. The predicted molar refractivity (Wildman–Crippen MR) is 76.4 cm³/mol. The van der Waals surface area contributed by atoms with E-state index in [9.17, 15) is 4.79 Å². The van der Waals surface area contributed by atoms with Crippen molar-refractivity contribution >= 4 is 27.4 Å². The van der Waals surface area contributed by atoms with Gasteiger partial charge in [0.25, 0.3) is 0 Å². The number of carbonyl (C=O) groups excluding carboxylic acids is 1. The Hall–Kier alpha value is -0.870. The Morgan fingerprint density at radius 2 is 1.94 bits per heavy atom. The molecule has 0 saturated carbocycles. The number of rotatable bonds is 2. The van der Waals surface area contributed by atoms with Gasteiger partial charge in [-0.15, -0.1) is 0 Å². The Balaban J connectivity index is 2.25. The molecule has 0 radical (unpaired) electrons. The number of hydrogen-bond donors (Lipinski definition) is 0. The zero-order chi connectivity index (χ0) is 13.3. The van der Waals surface area contributed by atoms with Gasteiger partial charge in [-0.05, 0) is 54.9 Å². The van der Waals surface area contributed by atoms with E-state index in [0.29, 0.717) is 0 Å². The van der Waals surface area contributed by atoms with Crippen LogP contribution in [-0.4, -0.2) is 31.1 Å². The van der Waals surface area contributed by atoms with Crippen LogP contribution in [0, 0.1) is 0 Å². The van der Waals surface area contributed by atoms with Crippen molar-refractivity contribution in [1.29, 1.82) is 0 Å². The van der Waals surface area contributed by atoms with Gasteiger partial charge in [0, 0.05) is 23.1 Å². The highest BCUT2D eigenvalue weighted by Crippen LogP contribution is 2.29. The normalized spacial score (nSPS) is 24.1. The third-order valence-corrected chi connectivity index (χ3v) is 3.75. The number of halogens is 1. The van der Waals surface area contributed by atoms with Crippen LogP contribution in [-0.2, 0) is 4.74 Å². The molecule has 98 valence electrons. The van der Waals surface area contributed by atoms with Crippen LogP contribution in [0.15, 0.2) is 22.7 Å². The minimum Gasteiger partial charge on any atom is -0.372 e. The molecule has 2 atom stereocenters. The Labute approximate surface area is 116 Å². The van der Waals surface area contributed by atoms with Gasteiger partial charge < -0.3 is 9.64 Å². The molecule has 0 N–H and O–H groups in total. The first-order valence-corrected chi connectivity index (χ1v) is 6.97. The van der Waals surface area contributed by atoms with E-state index < -0.39 is 0 Å². The van der Waals surface area contributed by atoms with E-state index in [1.165, 1.54) is 0 Å². The number of anilines is 1. The summed E-state index contributed by atoms with van der Waals surface area (Å²) in [5.41, 5.74) is 1.86. The zero-order valence-corrected chi connectivity index (χ0v) is 12.5. The third kappa shape index (κ3) is 2.93. The van der Waals surface area contributed by atoms with Crippen LogP contribution in [0.4, 0.5) is 5.69 Å². The quantitative estimate of drug-likeness (QED) is 0.785. The molecule has 0 amide bonds. The highest BCUT2D eigenvalue weighted by Gasteiger charge is 2.23. The standard InChI is InChI=1S/C14H18BrNO2/c1-9-7-16(8-10(2)18-9)14-5-4-12(11(3)17)6-13(14)15/h4-6,9-10H,7-8H2,1-3H3/t9-,10+. The molecule has 0 bridgehead atoms. The number of ether oxygens (including phenoxy) is 1. The number of nitrogens with zero attached hydrogens (tertiary/aromatic N) is 1. The van der Waals surface area contributed by atoms with Gasteiger partial charge >= 0.3 is 0 Å². The van der Waals surface area contributed by atoms with Crippen LogP contribution in [0.5, 0.6) is 0 Å². The lowest BCUT2D eigenvalue weighted by atomic mass is 10.1. The van der Waals surface area contributed by atoms with Crippen molar-refractivity contribution in [3.05, 3.63) is 28.2 Å². The van der Waals surface area contributed by atoms with Gasteiger partial charge in [0.1, 0.15) is 0 Å². The van der Waals surface area contributed by atoms with E-state index in [2.05, 4.69) is 34.7 Å². The summed E-state index contributed by atoms with van der Waals surface area (Å²) in [5, 5.41) is 0. The van der Waals surface area contributed by atoms with E-state index in [0.717, 1.165) is 28.8 Å². The molecular weight excluding hydrogens is 294 g/mol. The van der Waals surface area contributed by atoms with Gasteiger partial charge in [-0.25, -0.2) is 0 Å². The smallest absolute Gasteiger partial charge is 0.159 e. The fraction of sp³-hybridized carbons (Fsp3) is 0.500. The van der Waals surface area contributed by atoms with Crippen LogP contribution >= 0.6 is 15.9 Å². The Bertz CT molecular complexity index is 451. The molecule has 1 aromatic carbocycles. The first kappa shape index (κ1) is 13.6. The van der Waals surface area contributed by atoms with Crippen molar-refractivity contribution in [1.82, 2.24) is 0 Å². The number of Topliss-reactive ketones (excluding diaryl/α,β-unsaturated/α-hetero) is 1. The van der Waals surface area contributed by atoms with Crippen LogP contribution in [0.1, 0.15) is 31.1 Å². The minimum absolute atomic E-state index is 0.0889. The number of benzene rings is 1. The van der Waals surface area contributed by atoms with Gasteiger partial charge in [-0.1, -0.05) is 0 Å². The molecule has 1 aromatic rings. The molecule has 1 aliphatic heterocycles. The second-order valence-electron chi connectivity index (χ2n) is 4.88. The number of morpholine rings is 1. The molecule has 1 heterocycles. The predicted octanol–water partition coefficient (Wildman–Crippen LogP) is 3.27. The molecule has 1 saturated heterocycles. The van der Waals surface area contributed by atoms with Crippen LogP contribution in [0.2, 0.25) is 0 Å². The fourth-order valence-corrected chi connectivity index (χ4v) is 2.99. The second-order valence-corrected chi connectivity index (χ2v) is 5.74. The minimum atomic E-state index is 0.0889. The van der Waals surface area contributed by atoms with Crippen molar-refractivity contribution < 1.29 is 9.53 Å². The van der Waals surface area contributed by atoms with Crippen molar-refractivity contribution in [2.75, 3.05) is 18.0 Å². The average molecular weight is 312 g/mol. The molecule has 0 unspecified atom stereocenters. The van der Waals surface area contributed by atoms with Gasteiger partial charge in [0.05, 0.1) is 17.9 Å². The average Bonchev–Trinajstić information content (AvgIpc) is 2.27. The maximum atomic E-state index is 11.3. The monoisotopic (exact) mass is 311 g/mol.